The van der Waals surface area contributed by atoms with Crippen molar-refractivity contribution in [3.63, 3.8) is 0 Å². The molecule has 0 saturated carbocycles. The number of nitro groups is 1. The molecular formula is C6H4Cl3NO3S. The maximum Gasteiger partial charge on any atom is 0.269 e. The highest BCUT2D eigenvalue weighted by molar-refractivity contribution is 8.31. The number of benzene rings is 1. The first-order valence-corrected chi connectivity index (χ1v) is 6.25. The molecule has 0 spiro atoms. The van der Waals surface area contributed by atoms with Crippen molar-refractivity contribution in [2.45, 2.75) is 0 Å². The number of non-ortho nitro benzene ring substituents is 1. The van der Waals surface area contributed by atoms with Crippen molar-refractivity contribution in [3.8, 4) is 0 Å². The maximum absolute atomic E-state index is 10.1. The standard InChI is InChI=1S/C6H4ClNO2.Cl2OS/c7-5-1-3-6(4-2-5)8(9)10;1-4(2)3/h1-4H;. The normalized spacial score (nSPS) is 9.21. The molecule has 0 aliphatic carbocycles. The minimum atomic E-state index is -1.67. The summed E-state index contributed by atoms with van der Waals surface area (Å²) in [6.45, 7) is 0. The molecular weight excluding hydrogens is 272 g/mol. The summed E-state index contributed by atoms with van der Waals surface area (Å²) in [5, 5.41) is 10.6. The SMILES string of the molecule is O=[N+]([O-])c1ccc(Cl)cc1.[O-][S+](Cl)Cl. The monoisotopic (exact) mass is 275 g/mol. The van der Waals surface area contributed by atoms with Gasteiger partial charge in [-0.05, 0) is 12.1 Å². The van der Waals surface area contributed by atoms with Crippen molar-refractivity contribution in [3.05, 3.63) is 39.4 Å². The van der Waals surface area contributed by atoms with E-state index in [9.17, 15) is 10.1 Å². The first-order chi connectivity index (χ1) is 6.43. The molecule has 0 atom stereocenters. The van der Waals surface area contributed by atoms with E-state index in [4.69, 9.17) is 16.2 Å². The van der Waals surface area contributed by atoms with Crippen molar-refractivity contribution in [1.82, 2.24) is 0 Å². The minimum absolute atomic E-state index is 0.0596. The van der Waals surface area contributed by atoms with Crippen LogP contribution in [0.15, 0.2) is 24.3 Å². The average molecular weight is 277 g/mol. The summed E-state index contributed by atoms with van der Waals surface area (Å²) < 4.78 is 9.09. The molecule has 0 saturated heterocycles. The molecule has 0 bridgehead atoms. The predicted molar refractivity (Wildman–Crippen MR) is 58.0 cm³/mol. The topological polar surface area (TPSA) is 66.2 Å². The van der Waals surface area contributed by atoms with E-state index in [2.05, 4.69) is 21.4 Å². The zero-order valence-corrected chi connectivity index (χ0v) is 9.61. The molecule has 0 amide bonds. The van der Waals surface area contributed by atoms with E-state index in [1.54, 1.807) is 0 Å². The molecule has 1 aromatic rings. The molecule has 0 aliphatic rings. The van der Waals surface area contributed by atoms with E-state index < -0.39 is 14.5 Å². The van der Waals surface area contributed by atoms with Gasteiger partial charge in [-0.15, -0.1) is 0 Å². The first kappa shape index (κ1) is 13.8. The lowest BCUT2D eigenvalue weighted by atomic mass is 10.3. The number of hydrogen-bond acceptors (Lipinski definition) is 3. The molecule has 0 fully saturated rings. The van der Waals surface area contributed by atoms with Crippen molar-refractivity contribution >= 4 is 48.3 Å². The van der Waals surface area contributed by atoms with Crippen LogP contribution in [0.4, 0.5) is 5.69 Å². The van der Waals surface area contributed by atoms with E-state index in [1.165, 1.54) is 24.3 Å². The summed E-state index contributed by atoms with van der Waals surface area (Å²) in [7, 11) is 7.36. The van der Waals surface area contributed by atoms with Crippen LogP contribution in [0.2, 0.25) is 5.02 Å². The van der Waals surface area contributed by atoms with E-state index >= 15 is 0 Å². The van der Waals surface area contributed by atoms with Crippen LogP contribution in [0.1, 0.15) is 0 Å². The molecule has 0 radical (unpaired) electrons. The lowest BCUT2D eigenvalue weighted by molar-refractivity contribution is -0.384. The number of hydrogen-bond donors (Lipinski definition) is 0. The summed E-state index contributed by atoms with van der Waals surface area (Å²) >= 11 is 5.49. The Balaban J connectivity index is 0.000000364. The maximum atomic E-state index is 10.1. The second-order valence-corrected chi connectivity index (χ2v) is 4.88. The zero-order valence-electron chi connectivity index (χ0n) is 6.52. The smallest absolute Gasteiger partial charge is 0.269 e. The van der Waals surface area contributed by atoms with Crippen LogP contribution < -0.4 is 0 Å². The van der Waals surface area contributed by atoms with Gasteiger partial charge in [0.1, 0.15) is 0 Å². The Kier molecular flexibility index (Phi) is 7.04. The Morgan fingerprint density at radius 2 is 1.57 bits per heavy atom. The fourth-order valence-corrected chi connectivity index (χ4v) is 0.689. The highest BCUT2D eigenvalue weighted by Gasteiger charge is 2.01. The lowest BCUT2D eigenvalue weighted by Gasteiger charge is -1.88. The van der Waals surface area contributed by atoms with Gasteiger partial charge in [-0.2, -0.15) is 0 Å². The van der Waals surface area contributed by atoms with Crippen LogP contribution in [-0.2, 0) is 9.60 Å². The molecule has 14 heavy (non-hydrogen) atoms. The molecule has 8 heteroatoms. The third-order valence-corrected chi connectivity index (χ3v) is 1.29. The molecule has 4 nitrogen and oxygen atoms in total. The summed E-state index contributed by atoms with van der Waals surface area (Å²) in [5.41, 5.74) is 0.0596. The van der Waals surface area contributed by atoms with Gasteiger partial charge in [0, 0.05) is 17.2 Å². The van der Waals surface area contributed by atoms with Gasteiger partial charge >= 0.3 is 0 Å². The molecule has 1 aromatic carbocycles. The van der Waals surface area contributed by atoms with Gasteiger partial charge in [0.25, 0.3) is 5.69 Å². The van der Waals surface area contributed by atoms with E-state index in [1.807, 2.05) is 0 Å². The van der Waals surface area contributed by atoms with Crippen molar-refractivity contribution in [1.29, 1.82) is 0 Å². The van der Waals surface area contributed by atoms with Crippen LogP contribution >= 0.6 is 33.0 Å². The fourth-order valence-electron chi connectivity index (χ4n) is 0.563. The van der Waals surface area contributed by atoms with Crippen LogP contribution in [0.5, 0.6) is 0 Å². The quantitative estimate of drug-likeness (QED) is 0.449. The largest absolute Gasteiger partial charge is 0.582 e. The molecule has 1 rings (SSSR count). The fraction of sp³-hybridized carbons (Fsp3) is 0. The second kappa shape index (κ2) is 7.14. The van der Waals surface area contributed by atoms with Crippen LogP contribution in [0.25, 0.3) is 0 Å². The van der Waals surface area contributed by atoms with Gasteiger partial charge in [-0.25, -0.2) is 0 Å². The van der Waals surface area contributed by atoms with Crippen molar-refractivity contribution in [2.75, 3.05) is 0 Å². The summed E-state index contributed by atoms with van der Waals surface area (Å²) in [6.07, 6.45) is 0. The second-order valence-electron chi connectivity index (χ2n) is 1.92. The Hall–Kier alpha value is -0.200. The van der Waals surface area contributed by atoms with Crippen LogP contribution in [0, 0.1) is 10.1 Å². The van der Waals surface area contributed by atoms with Gasteiger partial charge in [0.05, 0.1) is 4.92 Å². The lowest BCUT2D eigenvalue weighted by Crippen LogP contribution is -1.85. The van der Waals surface area contributed by atoms with Gasteiger partial charge in [-0.1, -0.05) is 11.6 Å². The average Bonchev–Trinajstić information content (AvgIpc) is 2.03. The predicted octanol–water partition coefficient (Wildman–Crippen LogP) is 3.29. The van der Waals surface area contributed by atoms with Gasteiger partial charge in [-0.3, -0.25) is 10.1 Å². The van der Waals surface area contributed by atoms with Crippen LogP contribution in [-0.4, -0.2) is 9.48 Å². The molecule has 0 aliphatic heterocycles. The molecule has 0 heterocycles. The Bertz CT molecular complexity index is 290. The van der Waals surface area contributed by atoms with Crippen LogP contribution in [0.3, 0.4) is 0 Å². The summed E-state index contributed by atoms with van der Waals surface area (Å²) in [6, 6.07) is 5.70. The van der Waals surface area contributed by atoms with E-state index in [0.29, 0.717) is 5.02 Å². The third-order valence-electron chi connectivity index (χ3n) is 1.04. The summed E-state index contributed by atoms with van der Waals surface area (Å²) in [4.78, 5) is 9.61. The number of nitro benzene ring substituents is 1. The van der Waals surface area contributed by atoms with E-state index in [0.717, 1.165) is 0 Å². The number of rotatable bonds is 1. The number of nitrogens with zero attached hydrogens (tertiary/aromatic N) is 1. The Morgan fingerprint density at radius 1 is 1.21 bits per heavy atom. The highest BCUT2D eigenvalue weighted by atomic mass is 36.0. The minimum Gasteiger partial charge on any atom is -0.582 e. The molecule has 78 valence electrons. The summed E-state index contributed by atoms with van der Waals surface area (Å²) in [5.74, 6) is 0. The zero-order chi connectivity index (χ0) is 11.1. The van der Waals surface area contributed by atoms with Gasteiger partial charge in [0.15, 0.2) is 31.0 Å². The Labute approximate surface area is 97.1 Å². The Morgan fingerprint density at radius 3 is 1.86 bits per heavy atom. The number of halogens is 3. The van der Waals surface area contributed by atoms with Crippen molar-refractivity contribution < 1.29 is 9.48 Å². The molecule has 0 unspecified atom stereocenters. The van der Waals surface area contributed by atoms with Gasteiger partial charge in [0.2, 0.25) is 0 Å². The molecule has 0 N–H and O–H groups in total. The third kappa shape index (κ3) is 7.23. The van der Waals surface area contributed by atoms with E-state index in [-0.39, 0.29) is 5.69 Å². The van der Waals surface area contributed by atoms with Gasteiger partial charge < -0.3 is 4.55 Å². The van der Waals surface area contributed by atoms with Crippen molar-refractivity contribution in [2.24, 2.45) is 0 Å². The highest BCUT2D eigenvalue weighted by Crippen LogP contribution is 2.14. The first-order valence-electron chi connectivity index (χ1n) is 3.07. The molecule has 0 aromatic heterocycles.